The lowest BCUT2D eigenvalue weighted by molar-refractivity contribution is 0.637. The molecular weight excluding hydrogens is 138 g/mol. The zero-order valence-electron chi connectivity index (χ0n) is 7.15. The molecule has 0 fully saturated rings. The summed E-state index contributed by atoms with van der Waals surface area (Å²) in [6.45, 7) is 6.06. The normalized spacial score (nSPS) is 14.7. The summed E-state index contributed by atoms with van der Waals surface area (Å²) < 4.78 is 0. The van der Waals surface area contributed by atoms with Crippen molar-refractivity contribution in [3.8, 4) is 0 Å². The second-order valence-electron chi connectivity index (χ2n) is 2.30. The molecule has 0 unspecified atom stereocenters. The largest absolute Gasteiger partial charge is 0.312 e. The van der Waals surface area contributed by atoms with Gasteiger partial charge < -0.3 is 5.32 Å². The van der Waals surface area contributed by atoms with Gasteiger partial charge in [-0.3, -0.25) is 5.10 Å². The monoisotopic (exact) mass is 153 g/mol. The minimum Gasteiger partial charge on any atom is -0.312 e. The van der Waals surface area contributed by atoms with E-state index in [1.807, 2.05) is 20.0 Å². The van der Waals surface area contributed by atoms with Crippen molar-refractivity contribution in [3.05, 3.63) is 17.5 Å². The highest BCUT2D eigenvalue weighted by Crippen LogP contribution is 2.07. The van der Waals surface area contributed by atoms with E-state index in [1.165, 1.54) is 11.3 Å². The smallest absolute Gasteiger partial charge is 0.0535 e. The molecule has 0 bridgehead atoms. The minimum absolute atomic E-state index is 0.978. The molecule has 11 heavy (non-hydrogen) atoms. The maximum Gasteiger partial charge on any atom is 0.0535 e. The summed E-state index contributed by atoms with van der Waals surface area (Å²) in [7, 11) is 0. The van der Waals surface area contributed by atoms with Gasteiger partial charge in [0.1, 0.15) is 0 Å². The van der Waals surface area contributed by atoms with Gasteiger partial charge in [0.05, 0.1) is 6.20 Å². The van der Waals surface area contributed by atoms with Crippen LogP contribution in [-0.2, 0) is 13.0 Å². The molecule has 2 rings (SSSR count). The summed E-state index contributed by atoms with van der Waals surface area (Å²) in [6, 6.07) is 0. The van der Waals surface area contributed by atoms with E-state index in [-0.39, 0.29) is 0 Å². The van der Waals surface area contributed by atoms with Crippen LogP contribution in [0.1, 0.15) is 25.1 Å². The highest BCUT2D eigenvalue weighted by Gasteiger charge is 2.08. The first-order valence-electron chi connectivity index (χ1n) is 4.18. The van der Waals surface area contributed by atoms with Crippen LogP contribution >= 0.6 is 0 Å². The molecule has 1 aromatic heterocycles. The molecule has 3 nitrogen and oxygen atoms in total. The summed E-state index contributed by atoms with van der Waals surface area (Å²) in [6.07, 6.45) is 2.98. The quantitative estimate of drug-likeness (QED) is 0.585. The molecule has 0 aromatic carbocycles. The molecular formula is C8H15N3. The summed E-state index contributed by atoms with van der Waals surface area (Å²) in [5.41, 5.74) is 2.62. The number of fused-ring (bicyclic) bond motifs is 1. The molecule has 0 aliphatic carbocycles. The van der Waals surface area contributed by atoms with Gasteiger partial charge in [-0.2, -0.15) is 5.10 Å². The molecule has 1 aliphatic heterocycles. The van der Waals surface area contributed by atoms with Gasteiger partial charge in [-0.05, 0) is 0 Å². The van der Waals surface area contributed by atoms with Crippen molar-refractivity contribution in [2.75, 3.05) is 6.54 Å². The number of aromatic nitrogens is 2. The van der Waals surface area contributed by atoms with Gasteiger partial charge in [0.15, 0.2) is 0 Å². The number of nitrogens with one attached hydrogen (secondary N) is 2. The number of rotatable bonds is 0. The number of aromatic amines is 1. The van der Waals surface area contributed by atoms with Crippen LogP contribution in [0.5, 0.6) is 0 Å². The van der Waals surface area contributed by atoms with Crippen molar-refractivity contribution in [3.63, 3.8) is 0 Å². The van der Waals surface area contributed by atoms with Crippen LogP contribution in [-0.4, -0.2) is 16.7 Å². The third-order valence-electron chi connectivity index (χ3n) is 1.67. The van der Waals surface area contributed by atoms with Gasteiger partial charge in [0.2, 0.25) is 0 Å². The fraction of sp³-hybridized carbons (Fsp3) is 0.625. The summed E-state index contributed by atoms with van der Waals surface area (Å²) >= 11 is 0. The van der Waals surface area contributed by atoms with E-state index < -0.39 is 0 Å². The lowest BCUT2D eigenvalue weighted by Crippen LogP contribution is -2.22. The van der Waals surface area contributed by atoms with Gasteiger partial charge in [-0.1, -0.05) is 13.8 Å². The van der Waals surface area contributed by atoms with Gasteiger partial charge in [-0.25, -0.2) is 0 Å². The van der Waals surface area contributed by atoms with Crippen molar-refractivity contribution >= 4 is 0 Å². The Bertz CT molecular complexity index is 184. The van der Waals surface area contributed by atoms with Crippen LogP contribution in [0.4, 0.5) is 0 Å². The van der Waals surface area contributed by atoms with Crippen molar-refractivity contribution in [1.82, 2.24) is 15.5 Å². The van der Waals surface area contributed by atoms with Gasteiger partial charge >= 0.3 is 0 Å². The first-order chi connectivity index (χ1) is 5.47. The maximum atomic E-state index is 3.94. The van der Waals surface area contributed by atoms with E-state index in [4.69, 9.17) is 0 Å². The summed E-state index contributed by atoms with van der Waals surface area (Å²) in [5.74, 6) is 0. The molecule has 1 aliphatic rings. The standard InChI is InChI=1S/C6H9N3.C2H6/c1-2-7-3-5-4-8-9-6(1)5;1-2/h4,7H,1-3H2,(H,8,9);1-2H3. The summed E-state index contributed by atoms with van der Waals surface area (Å²) in [4.78, 5) is 0. The van der Waals surface area contributed by atoms with E-state index in [9.17, 15) is 0 Å². The van der Waals surface area contributed by atoms with Gasteiger partial charge in [0.25, 0.3) is 0 Å². The Morgan fingerprint density at radius 3 is 3.00 bits per heavy atom. The average molecular weight is 153 g/mol. The third-order valence-corrected chi connectivity index (χ3v) is 1.67. The molecule has 0 amide bonds. The molecule has 0 spiro atoms. The van der Waals surface area contributed by atoms with Gasteiger partial charge in [0, 0.05) is 30.8 Å². The molecule has 1 aromatic rings. The Labute approximate surface area is 67.2 Å². The first kappa shape index (κ1) is 8.27. The van der Waals surface area contributed by atoms with E-state index in [1.54, 1.807) is 0 Å². The van der Waals surface area contributed by atoms with E-state index in [2.05, 4.69) is 15.5 Å². The SMILES string of the molecule is CC.c1n[nH]c2c1CNCC2. The number of hydrogen-bond donors (Lipinski definition) is 2. The van der Waals surface area contributed by atoms with Crippen molar-refractivity contribution in [1.29, 1.82) is 0 Å². The Hall–Kier alpha value is -0.830. The lowest BCUT2D eigenvalue weighted by Gasteiger charge is -2.10. The molecule has 3 heteroatoms. The molecule has 0 saturated carbocycles. The summed E-state index contributed by atoms with van der Waals surface area (Å²) in [5, 5.41) is 10.2. The fourth-order valence-electron chi connectivity index (χ4n) is 1.14. The average Bonchev–Trinajstić information content (AvgIpc) is 2.55. The Morgan fingerprint density at radius 1 is 1.45 bits per heavy atom. The van der Waals surface area contributed by atoms with Crippen molar-refractivity contribution in [2.45, 2.75) is 26.8 Å². The van der Waals surface area contributed by atoms with Crippen molar-refractivity contribution in [2.24, 2.45) is 0 Å². The first-order valence-corrected chi connectivity index (χ1v) is 4.18. The van der Waals surface area contributed by atoms with Gasteiger partial charge in [-0.15, -0.1) is 0 Å². The van der Waals surface area contributed by atoms with E-state index in [0.717, 1.165) is 19.5 Å². The number of H-pyrrole nitrogens is 1. The Kier molecular flexibility index (Phi) is 3.11. The van der Waals surface area contributed by atoms with E-state index in [0.29, 0.717) is 0 Å². The molecule has 62 valence electrons. The number of nitrogens with zero attached hydrogens (tertiary/aromatic N) is 1. The van der Waals surface area contributed by atoms with Crippen LogP contribution in [0.15, 0.2) is 6.20 Å². The second-order valence-corrected chi connectivity index (χ2v) is 2.30. The Balaban J connectivity index is 0.000000281. The molecule has 0 atom stereocenters. The Morgan fingerprint density at radius 2 is 2.27 bits per heavy atom. The predicted octanol–water partition coefficient (Wildman–Crippen LogP) is 1.08. The van der Waals surface area contributed by atoms with E-state index >= 15 is 0 Å². The topological polar surface area (TPSA) is 40.7 Å². The molecule has 2 heterocycles. The van der Waals surface area contributed by atoms with Crippen LogP contribution in [0, 0.1) is 0 Å². The highest BCUT2D eigenvalue weighted by atomic mass is 15.1. The lowest BCUT2D eigenvalue weighted by atomic mass is 10.1. The minimum atomic E-state index is 0.978. The zero-order chi connectivity index (χ0) is 8.10. The second kappa shape index (κ2) is 4.13. The highest BCUT2D eigenvalue weighted by molar-refractivity contribution is 5.18. The van der Waals surface area contributed by atoms with Crippen LogP contribution in [0.25, 0.3) is 0 Å². The number of hydrogen-bond acceptors (Lipinski definition) is 2. The molecule has 2 N–H and O–H groups in total. The van der Waals surface area contributed by atoms with Crippen LogP contribution in [0.2, 0.25) is 0 Å². The predicted molar refractivity (Wildman–Crippen MR) is 45.3 cm³/mol. The maximum absolute atomic E-state index is 3.94. The molecule has 0 radical (unpaired) electrons. The van der Waals surface area contributed by atoms with Crippen LogP contribution < -0.4 is 5.32 Å². The zero-order valence-corrected chi connectivity index (χ0v) is 7.15. The fourth-order valence-corrected chi connectivity index (χ4v) is 1.14. The molecule has 0 saturated heterocycles. The van der Waals surface area contributed by atoms with Crippen LogP contribution in [0.3, 0.4) is 0 Å². The third kappa shape index (κ3) is 1.80. The van der Waals surface area contributed by atoms with Crippen molar-refractivity contribution < 1.29 is 0 Å².